The zero-order chi connectivity index (χ0) is 43.0. The van der Waals surface area contributed by atoms with E-state index in [0.717, 1.165) is 16.7 Å². The summed E-state index contributed by atoms with van der Waals surface area (Å²) in [6, 6.07) is 20.7. The van der Waals surface area contributed by atoms with Crippen molar-refractivity contribution in [2.45, 2.75) is 96.0 Å². The molecule has 5 atom stereocenters. The number of ketones is 1. The molecule has 0 bridgehead atoms. The van der Waals surface area contributed by atoms with Crippen LogP contribution in [-0.2, 0) is 47.0 Å². The third kappa shape index (κ3) is 13.6. The normalized spacial score (nSPS) is 14.4. The van der Waals surface area contributed by atoms with Gasteiger partial charge in [0.1, 0.15) is 29.1 Å². The van der Waals surface area contributed by atoms with E-state index in [9.17, 15) is 24.0 Å². The maximum Gasteiger partial charge on any atom is 0.408 e. The molecule has 58 heavy (non-hydrogen) atoms. The van der Waals surface area contributed by atoms with Crippen LogP contribution < -0.4 is 26.6 Å². The highest BCUT2D eigenvalue weighted by molar-refractivity contribution is 7.98. The van der Waals surface area contributed by atoms with E-state index < -0.39 is 76.6 Å². The van der Waals surface area contributed by atoms with Crippen LogP contribution in [0.3, 0.4) is 0 Å². The molecule has 1 radical (unpaired) electrons. The minimum atomic E-state index is -1.78. The molecule has 3 aromatic rings. The van der Waals surface area contributed by atoms with E-state index in [4.69, 9.17) is 4.74 Å². The molecule has 0 aliphatic rings. The molecule has 0 aromatic heterocycles. The number of carbonyl (C=O) groups excluding carboxylic acids is 6. The van der Waals surface area contributed by atoms with Gasteiger partial charge in [0.05, 0.1) is 6.04 Å². The molecule has 0 aliphatic heterocycles. The Morgan fingerprint density at radius 3 is 1.84 bits per heavy atom. The number of amides is 5. The smallest absolute Gasteiger partial charge is 0.408 e. The van der Waals surface area contributed by atoms with Gasteiger partial charge in [-0.25, -0.2) is 4.79 Å². The van der Waals surface area contributed by atoms with Crippen molar-refractivity contribution in [1.29, 1.82) is 0 Å². The summed E-state index contributed by atoms with van der Waals surface area (Å²) in [6.07, 6.45) is 1.29. The number of hydrogen-bond acceptors (Lipinski definition) is 9. The van der Waals surface area contributed by atoms with Crippen molar-refractivity contribution in [2.75, 3.05) is 17.8 Å². The highest BCUT2D eigenvalue weighted by Crippen LogP contribution is 2.33. The summed E-state index contributed by atoms with van der Waals surface area (Å²) in [6.45, 7) is 10.5. The largest absolute Gasteiger partial charge is 0.444 e. The molecule has 0 spiro atoms. The fraction of sp³-hybridized carbons (Fsp3) is 0.432. The molecule has 12 nitrogen and oxygen atoms in total. The van der Waals surface area contributed by atoms with Crippen molar-refractivity contribution in [3.05, 3.63) is 114 Å². The van der Waals surface area contributed by atoms with Gasteiger partial charge in [0.25, 0.3) is 0 Å². The Kier molecular flexibility index (Phi) is 18.3. The van der Waals surface area contributed by atoms with Crippen LogP contribution in [0, 0.1) is 19.9 Å². The lowest BCUT2D eigenvalue weighted by molar-refractivity contribution is -0.139. The van der Waals surface area contributed by atoms with Gasteiger partial charge >= 0.3 is 6.09 Å². The van der Waals surface area contributed by atoms with Gasteiger partial charge in [0, 0.05) is 19.2 Å². The minimum Gasteiger partial charge on any atom is -0.444 e. The zero-order valence-electron chi connectivity index (χ0n) is 34.4. The zero-order valence-corrected chi connectivity index (χ0v) is 36.1. The molecule has 14 heteroatoms. The molecule has 0 unspecified atom stereocenters. The van der Waals surface area contributed by atoms with Crippen molar-refractivity contribution < 1.29 is 33.5 Å². The second-order valence-corrected chi connectivity index (χ2v) is 16.9. The van der Waals surface area contributed by atoms with E-state index in [0.29, 0.717) is 11.3 Å². The van der Waals surface area contributed by atoms with Crippen molar-refractivity contribution >= 4 is 59.9 Å². The first kappa shape index (κ1) is 47.6. The first-order valence-corrected chi connectivity index (χ1v) is 21.3. The van der Waals surface area contributed by atoms with Crippen LogP contribution in [0.1, 0.15) is 63.3 Å². The molecule has 5 N–H and O–H groups in total. The lowest BCUT2D eigenvalue weighted by Gasteiger charge is -2.35. The number of Topliss-reactive ketones (excluding diaryl/α,β-unsaturated/α-hetero) is 1. The standard InChI is InChI=1S/C44H58N5O7S2/c1-28(2)36(49-39(52)35(27-57)48-42(55)56-43(4,5)6)40(53)47-34(25-30-15-11-9-12-16-30)38(51)46-33(23-24-58-8)37(50)44(41(54)45-7,32-17-13-10-14-18-32)26-31-21-19-29(3)20-22-31/h9-22,28,33-36,57H,7,23-27H2,1-6,8H3,(H,45,54)(H,46,51)(H,47,53)(H,48,55)(H,49,52)/t33-,34+,35-,36-,44-/m0/s1. The van der Waals surface area contributed by atoms with Crippen LogP contribution in [0.15, 0.2) is 84.9 Å². The van der Waals surface area contributed by atoms with Crippen LogP contribution in [0.5, 0.6) is 0 Å². The van der Waals surface area contributed by atoms with E-state index in [2.05, 4.69) is 46.3 Å². The fourth-order valence-corrected chi connectivity index (χ4v) is 7.10. The van der Waals surface area contributed by atoms with Crippen LogP contribution in [0.2, 0.25) is 0 Å². The number of ether oxygens (including phenoxy) is 1. The monoisotopic (exact) mass is 832 g/mol. The highest BCUT2D eigenvalue weighted by Gasteiger charge is 2.50. The first-order chi connectivity index (χ1) is 27.4. The molecular formula is C44H58N5O7S2. The van der Waals surface area contributed by atoms with Gasteiger partial charge in [-0.05, 0) is 75.2 Å². The van der Waals surface area contributed by atoms with Crippen molar-refractivity contribution in [2.24, 2.45) is 5.92 Å². The lowest BCUT2D eigenvalue weighted by atomic mass is 9.69. The summed E-state index contributed by atoms with van der Waals surface area (Å²) < 4.78 is 5.29. The Hall–Kier alpha value is -4.82. The molecule has 0 saturated heterocycles. The lowest BCUT2D eigenvalue weighted by Crippen LogP contribution is -2.61. The third-order valence-corrected chi connectivity index (χ3v) is 10.4. The van der Waals surface area contributed by atoms with E-state index >= 15 is 4.79 Å². The average Bonchev–Trinajstić information content (AvgIpc) is 3.19. The van der Waals surface area contributed by atoms with E-state index in [1.54, 1.807) is 77.1 Å². The predicted molar refractivity (Wildman–Crippen MR) is 232 cm³/mol. The van der Waals surface area contributed by atoms with Crippen molar-refractivity contribution in [3.8, 4) is 0 Å². The molecule has 3 rings (SSSR count). The highest BCUT2D eigenvalue weighted by atomic mass is 32.2. The fourth-order valence-electron chi connectivity index (χ4n) is 6.37. The second kappa shape index (κ2) is 22.4. The van der Waals surface area contributed by atoms with Crippen LogP contribution in [-0.4, -0.2) is 83.0 Å². The Morgan fingerprint density at radius 1 is 0.741 bits per heavy atom. The molecule has 3 aromatic carbocycles. The number of thioether (sulfide) groups is 1. The average molecular weight is 833 g/mol. The molecule has 0 aliphatic carbocycles. The van der Waals surface area contributed by atoms with Gasteiger partial charge in [0.15, 0.2) is 5.78 Å². The Balaban J connectivity index is 2.01. The van der Waals surface area contributed by atoms with Gasteiger partial charge < -0.3 is 31.3 Å². The molecule has 5 amide bonds. The first-order valence-electron chi connectivity index (χ1n) is 19.2. The van der Waals surface area contributed by atoms with Gasteiger partial charge in [-0.2, -0.15) is 24.4 Å². The van der Waals surface area contributed by atoms with E-state index in [1.807, 2.05) is 55.6 Å². The van der Waals surface area contributed by atoms with E-state index in [1.165, 1.54) is 11.8 Å². The van der Waals surface area contributed by atoms with Crippen LogP contribution >= 0.6 is 24.4 Å². The predicted octanol–water partition coefficient (Wildman–Crippen LogP) is 4.88. The maximum absolute atomic E-state index is 15.2. The summed E-state index contributed by atoms with van der Waals surface area (Å²) in [4.78, 5) is 83.7. The number of benzene rings is 3. The summed E-state index contributed by atoms with van der Waals surface area (Å²) in [7, 11) is 3.65. The minimum absolute atomic E-state index is 0.000865. The van der Waals surface area contributed by atoms with Crippen LogP contribution in [0.4, 0.5) is 4.79 Å². The summed E-state index contributed by atoms with van der Waals surface area (Å²) in [5.74, 6) is -3.20. The Bertz CT molecular complexity index is 1840. The van der Waals surface area contributed by atoms with Gasteiger partial charge in [-0.3, -0.25) is 24.0 Å². The molecule has 0 saturated carbocycles. The number of carbonyl (C=O) groups is 6. The Labute approximate surface area is 352 Å². The SMILES string of the molecule is [CH2]NC(=O)[C@](Cc1ccc(C)cc1)(C(=O)[C@H](CCSC)NC(=O)[C@@H](Cc1ccccc1)NC(=O)[C@@H](NC(=O)[C@H](CS)NC(=O)OC(C)(C)C)C(C)C)c1ccccc1. The van der Waals surface area contributed by atoms with Crippen molar-refractivity contribution in [3.63, 3.8) is 0 Å². The molecule has 0 heterocycles. The van der Waals surface area contributed by atoms with Crippen LogP contribution in [0.25, 0.3) is 0 Å². The van der Waals surface area contributed by atoms with E-state index in [-0.39, 0.29) is 25.0 Å². The second-order valence-electron chi connectivity index (χ2n) is 15.5. The quantitative estimate of drug-likeness (QED) is 0.0691. The molecular weight excluding hydrogens is 775 g/mol. The Morgan fingerprint density at radius 2 is 1.31 bits per heavy atom. The topological polar surface area (TPSA) is 172 Å². The van der Waals surface area contributed by atoms with Gasteiger partial charge in [0.2, 0.25) is 23.6 Å². The maximum atomic E-state index is 15.2. The number of hydrogen-bond donors (Lipinski definition) is 6. The van der Waals surface area contributed by atoms with Crippen molar-refractivity contribution in [1.82, 2.24) is 26.6 Å². The van der Waals surface area contributed by atoms with Gasteiger partial charge in [-0.1, -0.05) is 104 Å². The summed E-state index contributed by atoms with van der Waals surface area (Å²) in [5.41, 5.74) is 0.327. The summed E-state index contributed by atoms with van der Waals surface area (Å²) >= 11 is 5.71. The number of rotatable bonds is 20. The summed E-state index contributed by atoms with van der Waals surface area (Å²) in [5, 5.41) is 13.4. The number of nitrogens with one attached hydrogen (secondary N) is 5. The number of thiol groups is 1. The third-order valence-electron chi connectivity index (χ3n) is 9.42. The van der Waals surface area contributed by atoms with Gasteiger partial charge in [-0.15, -0.1) is 0 Å². The number of aryl methyl sites for hydroxylation is 1. The molecule has 0 fully saturated rings. The molecule has 313 valence electrons. The number of alkyl carbamates (subject to hydrolysis) is 1.